The van der Waals surface area contributed by atoms with Crippen LogP contribution in [0.2, 0.25) is 0 Å². The molecule has 2 heteroatoms. The van der Waals surface area contributed by atoms with Gasteiger partial charge in [0.15, 0.2) is 0 Å². The lowest BCUT2D eigenvalue weighted by Crippen LogP contribution is -2.51. The molecule has 0 aromatic carbocycles. The highest BCUT2D eigenvalue weighted by Crippen LogP contribution is 2.56. The minimum atomic E-state index is 0.422. The summed E-state index contributed by atoms with van der Waals surface area (Å²) >= 11 is 0. The fraction of sp³-hybridized carbons (Fsp3) is 1.00. The normalized spacial score (nSPS) is 36.7. The molecule has 2 rings (SSSR count). The highest BCUT2D eigenvalue weighted by molar-refractivity contribution is 7.49. The van der Waals surface area contributed by atoms with Gasteiger partial charge in [0.05, 0.1) is 0 Å². The van der Waals surface area contributed by atoms with E-state index in [1.54, 1.807) is 0 Å². The molecule has 0 radical (unpaired) electrons. The van der Waals surface area contributed by atoms with Crippen LogP contribution in [-0.4, -0.2) is 34.8 Å². The molecule has 0 amide bonds. The van der Waals surface area contributed by atoms with Gasteiger partial charge in [0.2, 0.25) is 0 Å². The molecule has 2 aliphatic heterocycles. The lowest BCUT2D eigenvalue weighted by molar-refractivity contribution is 0.0447. The molecule has 2 saturated heterocycles. The number of likely N-dealkylation sites (tertiary alicyclic amines) is 1. The van der Waals surface area contributed by atoms with Crippen molar-refractivity contribution in [2.75, 3.05) is 19.3 Å². The Bertz CT molecular complexity index is 268. The smallest absolute Gasteiger partial charge is 0.0161 e. The Morgan fingerprint density at radius 1 is 1.41 bits per heavy atom. The first-order valence-electron chi connectivity index (χ1n) is 7.32. The lowest BCUT2D eigenvalue weighted by atomic mass is 9.83. The highest BCUT2D eigenvalue weighted by Gasteiger charge is 2.44. The third-order valence-electron chi connectivity index (χ3n) is 4.86. The summed E-state index contributed by atoms with van der Waals surface area (Å²) in [5, 5.41) is 0.703. The molecule has 0 bridgehead atoms. The Balaban J connectivity index is 1.95. The summed E-state index contributed by atoms with van der Waals surface area (Å²) < 4.78 is 0. The molecule has 0 saturated carbocycles. The van der Waals surface area contributed by atoms with Crippen LogP contribution in [0.4, 0.5) is 0 Å². The van der Waals surface area contributed by atoms with Gasteiger partial charge in [-0.25, -0.2) is 0 Å². The van der Waals surface area contributed by atoms with E-state index in [0.29, 0.717) is 10.7 Å². The molecule has 100 valence electrons. The van der Waals surface area contributed by atoms with Crippen LogP contribution < -0.4 is 0 Å². The number of rotatable bonds is 4. The quantitative estimate of drug-likeness (QED) is 0.687. The van der Waals surface area contributed by atoms with E-state index in [1.807, 2.05) is 0 Å². The van der Waals surface area contributed by atoms with Gasteiger partial charge in [-0.05, 0) is 62.8 Å². The van der Waals surface area contributed by atoms with Crippen molar-refractivity contribution in [3.05, 3.63) is 0 Å². The van der Waals surface area contributed by atoms with Gasteiger partial charge in [-0.2, -0.15) is 0 Å². The second-order valence-corrected chi connectivity index (χ2v) is 9.41. The Morgan fingerprint density at radius 2 is 2.06 bits per heavy atom. The van der Waals surface area contributed by atoms with Crippen molar-refractivity contribution in [1.82, 2.24) is 4.90 Å². The first-order valence-corrected chi connectivity index (χ1v) is 8.53. The van der Waals surface area contributed by atoms with E-state index in [4.69, 9.17) is 0 Å². The summed E-state index contributed by atoms with van der Waals surface area (Å²) in [6.07, 6.45) is 5.75. The van der Waals surface area contributed by atoms with E-state index in [-0.39, 0.29) is 0 Å². The fourth-order valence-electron chi connectivity index (χ4n) is 3.45. The number of nitrogens with zero attached hydrogens (tertiary/aromatic N) is 1. The third kappa shape index (κ3) is 3.44. The Morgan fingerprint density at radius 3 is 2.59 bits per heavy atom. The van der Waals surface area contributed by atoms with Crippen LogP contribution >= 0.6 is 8.58 Å². The van der Waals surface area contributed by atoms with Gasteiger partial charge < -0.3 is 0 Å². The van der Waals surface area contributed by atoms with Gasteiger partial charge in [0.25, 0.3) is 0 Å². The second kappa shape index (κ2) is 4.82. The van der Waals surface area contributed by atoms with Crippen LogP contribution in [0, 0.1) is 11.8 Å². The molecule has 0 N–H and O–H groups in total. The number of hydrogen-bond acceptors (Lipinski definition) is 1. The van der Waals surface area contributed by atoms with E-state index in [9.17, 15) is 0 Å². The molecule has 17 heavy (non-hydrogen) atoms. The molecule has 3 unspecified atom stereocenters. The zero-order valence-electron chi connectivity index (χ0n) is 12.3. The van der Waals surface area contributed by atoms with Crippen LogP contribution in [-0.2, 0) is 0 Å². The summed E-state index contributed by atoms with van der Waals surface area (Å²) in [6, 6.07) is 0. The monoisotopic (exact) mass is 255 g/mol. The van der Waals surface area contributed by atoms with Crippen LogP contribution in [0.3, 0.4) is 0 Å². The van der Waals surface area contributed by atoms with Crippen LogP contribution in [0.15, 0.2) is 0 Å². The summed E-state index contributed by atoms with van der Waals surface area (Å²) in [7, 11) is 1.23. The second-order valence-electron chi connectivity index (χ2n) is 7.50. The van der Waals surface area contributed by atoms with Crippen molar-refractivity contribution in [1.29, 1.82) is 0 Å². The van der Waals surface area contributed by atoms with Gasteiger partial charge >= 0.3 is 0 Å². The Labute approximate surface area is 110 Å². The minimum absolute atomic E-state index is 0.422. The predicted octanol–water partition coefficient (Wildman–Crippen LogP) is 3.97. The molecule has 1 nitrogen and oxygen atoms in total. The first kappa shape index (κ1) is 13.8. The lowest BCUT2D eigenvalue weighted by Gasteiger charge is -2.46. The molecule has 0 aromatic heterocycles. The molecule has 3 atom stereocenters. The van der Waals surface area contributed by atoms with Crippen LogP contribution in [0.5, 0.6) is 0 Å². The van der Waals surface area contributed by atoms with Crippen molar-refractivity contribution in [2.45, 2.75) is 64.6 Å². The average Bonchev–Trinajstić information content (AvgIpc) is 2.95. The molecule has 0 aromatic rings. The molecular weight excluding hydrogens is 225 g/mol. The van der Waals surface area contributed by atoms with Crippen LogP contribution in [0.1, 0.15) is 53.9 Å². The molecule has 2 fully saturated rings. The van der Waals surface area contributed by atoms with E-state index < -0.39 is 0 Å². The average molecular weight is 255 g/mol. The van der Waals surface area contributed by atoms with Crippen molar-refractivity contribution >= 4 is 8.58 Å². The first-order chi connectivity index (χ1) is 7.82. The number of hydrogen-bond donors (Lipinski definition) is 0. The van der Waals surface area contributed by atoms with Crippen LogP contribution in [0.25, 0.3) is 0 Å². The summed E-state index contributed by atoms with van der Waals surface area (Å²) in [4.78, 5) is 2.79. The van der Waals surface area contributed by atoms with E-state index >= 15 is 0 Å². The summed E-state index contributed by atoms with van der Waals surface area (Å²) in [6.45, 7) is 14.9. The summed E-state index contributed by atoms with van der Waals surface area (Å²) in [5.74, 6) is 1.78. The van der Waals surface area contributed by atoms with Gasteiger partial charge in [-0.3, -0.25) is 4.90 Å². The van der Waals surface area contributed by atoms with Gasteiger partial charge in [-0.15, -0.1) is 8.58 Å². The molecule has 0 aliphatic carbocycles. The maximum atomic E-state index is 2.79. The fourth-order valence-corrected chi connectivity index (χ4v) is 4.43. The topological polar surface area (TPSA) is 3.24 Å². The molecular formula is C15H30NP. The van der Waals surface area contributed by atoms with Gasteiger partial charge in [0, 0.05) is 12.1 Å². The third-order valence-corrected chi connectivity index (χ3v) is 6.60. The predicted molar refractivity (Wildman–Crippen MR) is 79.4 cm³/mol. The largest absolute Gasteiger partial charge is 0.298 e. The number of piperidine rings is 1. The maximum Gasteiger partial charge on any atom is 0.0161 e. The molecule has 2 aliphatic rings. The zero-order chi connectivity index (χ0) is 12.7. The van der Waals surface area contributed by atoms with Crippen molar-refractivity contribution in [3.63, 3.8) is 0 Å². The van der Waals surface area contributed by atoms with Crippen molar-refractivity contribution in [3.8, 4) is 0 Å². The van der Waals surface area contributed by atoms with Gasteiger partial charge in [0.1, 0.15) is 0 Å². The highest BCUT2D eigenvalue weighted by atomic mass is 31.1. The SMILES string of the molecule is CC(C)C1CCCN(C(C)(C)CC2(C)CP2)C1. The standard InChI is InChI=1S/C15H30NP/c1-12(2)13-7-6-8-16(9-13)14(3,4)10-15(5)11-17-15/h12-13,17H,6-11H2,1-5H3. The van der Waals surface area contributed by atoms with E-state index in [1.165, 1.54) is 47.1 Å². The maximum absolute atomic E-state index is 2.79. The minimum Gasteiger partial charge on any atom is -0.298 e. The van der Waals surface area contributed by atoms with E-state index in [2.05, 4.69) is 39.5 Å². The Hall–Kier alpha value is 0.390. The van der Waals surface area contributed by atoms with Crippen molar-refractivity contribution in [2.24, 2.45) is 11.8 Å². The summed E-state index contributed by atoms with van der Waals surface area (Å²) in [5.41, 5.74) is 0.422. The van der Waals surface area contributed by atoms with Crippen molar-refractivity contribution < 1.29 is 0 Å². The zero-order valence-corrected chi connectivity index (χ0v) is 13.3. The van der Waals surface area contributed by atoms with Gasteiger partial charge in [-0.1, -0.05) is 20.8 Å². The van der Waals surface area contributed by atoms with E-state index in [0.717, 1.165) is 11.8 Å². The molecule has 2 heterocycles. The molecule has 0 spiro atoms. The Kier molecular flexibility index (Phi) is 3.91.